The maximum absolute atomic E-state index is 12.1. The van der Waals surface area contributed by atoms with Crippen LogP contribution in [0.2, 0.25) is 0 Å². The van der Waals surface area contributed by atoms with Gasteiger partial charge in [-0.15, -0.1) is 0 Å². The molecule has 20 heavy (non-hydrogen) atoms. The zero-order valence-electron chi connectivity index (χ0n) is 11.9. The van der Waals surface area contributed by atoms with Crippen molar-refractivity contribution in [1.29, 1.82) is 0 Å². The molecule has 2 atom stereocenters. The van der Waals surface area contributed by atoms with E-state index in [2.05, 4.69) is 4.90 Å². The molecule has 0 spiro atoms. The first-order valence-electron chi connectivity index (χ1n) is 7.75. The summed E-state index contributed by atoms with van der Waals surface area (Å²) in [5.41, 5.74) is 0.708. The van der Waals surface area contributed by atoms with Crippen LogP contribution >= 0.6 is 0 Å². The third-order valence-corrected chi connectivity index (χ3v) is 4.86. The van der Waals surface area contributed by atoms with Crippen LogP contribution < -0.4 is 0 Å². The van der Waals surface area contributed by atoms with Gasteiger partial charge in [-0.2, -0.15) is 0 Å². The highest BCUT2D eigenvalue weighted by Crippen LogP contribution is 2.36. The smallest absolute Gasteiger partial charge is 0.164 e. The molecule has 108 valence electrons. The van der Waals surface area contributed by atoms with Gasteiger partial charge in [-0.3, -0.25) is 4.79 Å². The second-order valence-corrected chi connectivity index (χ2v) is 6.35. The highest BCUT2D eigenvalue weighted by molar-refractivity contribution is 5.96. The second kappa shape index (κ2) is 5.96. The molecule has 2 aliphatic rings. The van der Waals surface area contributed by atoms with Gasteiger partial charge in [0.05, 0.1) is 0 Å². The highest BCUT2D eigenvalue weighted by Gasteiger charge is 2.29. The number of carbonyl (C=O) groups is 1. The van der Waals surface area contributed by atoms with Crippen LogP contribution in [0.3, 0.4) is 0 Å². The van der Waals surface area contributed by atoms with E-state index in [0.29, 0.717) is 12.0 Å². The predicted octanol–water partition coefficient (Wildman–Crippen LogP) is 3.09. The molecule has 0 amide bonds. The first-order chi connectivity index (χ1) is 9.70. The van der Waals surface area contributed by atoms with Crippen LogP contribution in [0.5, 0.6) is 5.75 Å². The summed E-state index contributed by atoms with van der Waals surface area (Å²) in [5, 5.41) is 9.24. The van der Waals surface area contributed by atoms with Crippen molar-refractivity contribution in [2.75, 3.05) is 19.6 Å². The molecule has 0 aromatic heterocycles. The summed E-state index contributed by atoms with van der Waals surface area (Å²) in [6, 6.07) is 6.58. The van der Waals surface area contributed by atoms with Crippen molar-refractivity contribution in [2.24, 2.45) is 11.8 Å². The van der Waals surface area contributed by atoms with Gasteiger partial charge >= 0.3 is 0 Å². The van der Waals surface area contributed by atoms with E-state index >= 15 is 0 Å². The van der Waals surface area contributed by atoms with Crippen LogP contribution in [0.4, 0.5) is 0 Å². The van der Waals surface area contributed by atoms with E-state index in [1.165, 1.54) is 32.2 Å². The Bertz CT molecular complexity index is 468. The summed E-state index contributed by atoms with van der Waals surface area (Å²) in [4.78, 5) is 14.6. The molecule has 2 bridgehead atoms. The Labute approximate surface area is 120 Å². The summed E-state index contributed by atoms with van der Waals surface area (Å²) < 4.78 is 0. The summed E-state index contributed by atoms with van der Waals surface area (Å²) in [5.74, 6) is 2.20. The van der Waals surface area contributed by atoms with Gasteiger partial charge in [-0.25, -0.2) is 0 Å². The van der Waals surface area contributed by atoms with E-state index in [1.807, 2.05) is 0 Å². The molecule has 3 nitrogen and oxygen atoms in total. The van der Waals surface area contributed by atoms with Gasteiger partial charge in [-0.05, 0) is 61.9 Å². The number of carbonyl (C=O) groups excluding carboxylic acids is 1. The number of rotatable bonds is 4. The monoisotopic (exact) mass is 273 g/mol. The standard InChI is InChI=1S/C17H23NO2/c19-16-5-3-15(4-6-16)17(20)8-10-18-9-7-13-1-2-14(11-13)12-18/h3-6,13-14,19H,1-2,7-12H2. The Morgan fingerprint density at radius 2 is 1.90 bits per heavy atom. The zero-order chi connectivity index (χ0) is 13.9. The zero-order valence-corrected chi connectivity index (χ0v) is 11.9. The van der Waals surface area contributed by atoms with Crippen molar-refractivity contribution < 1.29 is 9.90 Å². The van der Waals surface area contributed by atoms with Gasteiger partial charge in [0.1, 0.15) is 5.75 Å². The van der Waals surface area contributed by atoms with E-state index in [4.69, 9.17) is 0 Å². The number of phenols is 1. The van der Waals surface area contributed by atoms with E-state index < -0.39 is 0 Å². The van der Waals surface area contributed by atoms with Crippen molar-refractivity contribution in [1.82, 2.24) is 4.90 Å². The molecule has 3 heteroatoms. The number of hydrogen-bond donors (Lipinski definition) is 1. The Hall–Kier alpha value is -1.35. The Kier molecular flexibility index (Phi) is 4.06. The quantitative estimate of drug-likeness (QED) is 0.857. The first kappa shape index (κ1) is 13.6. The van der Waals surface area contributed by atoms with Crippen LogP contribution in [-0.2, 0) is 0 Å². The van der Waals surface area contributed by atoms with Gasteiger partial charge in [0.25, 0.3) is 0 Å². The average Bonchev–Trinajstić information content (AvgIpc) is 2.78. The van der Waals surface area contributed by atoms with E-state index in [1.54, 1.807) is 24.3 Å². The predicted molar refractivity (Wildman–Crippen MR) is 78.9 cm³/mol. The lowest BCUT2D eigenvalue weighted by molar-refractivity contribution is 0.0960. The SMILES string of the molecule is O=C(CCN1CCC2CCC(C2)C1)c1ccc(O)cc1. The second-order valence-electron chi connectivity index (χ2n) is 6.35. The number of likely N-dealkylation sites (tertiary alicyclic amines) is 1. The van der Waals surface area contributed by atoms with Gasteiger partial charge in [-0.1, -0.05) is 6.42 Å². The molecule has 1 aliphatic heterocycles. The number of hydrogen-bond acceptors (Lipinski definition) is 3. The minimum Gasteiger partial charge on any atom is -0.508 e. The van der Waals surface area contributed by atoms with Crippen molar-refractivity contribution in [3.8, 4) is 5.75 Å². The lowest BCUT2D eigenvalue weighted by Gasteiger charge is -2.24. The van der Waals surface area contributed by atoms with Gasteiger partial charge in [0.15, 0.2) is 5.78 Å². The number of nitrogens with zero attached hydrogens (tertiary/aromatic N) is 1. The minimum atomic E-state index is 0.180. The molecule has 1 aromatic rings. The van der Waals surface area contributed by atoms with Crippen LogP contribution in [0.1, 0.15) is 42.5 Å². The Balaban J connectivity index is 1.51. The maximum Gasteiger partial charge on any atom is 0.164 e. The number of fused-ring (bicyclic) bond motifs is 2. The molecule has 0 radical (unpaired) electrons. The fraction of sp³-hybridized carbons (Fsp3) is 0.588. The summed E-state index contributed by atoms with van der Waals surface area (Å²) >= 11 is 0. The number of phenolic OH excluding ortho intramolecular Hbond substituents is 1. The fourth-order valence-corrected chi connectivity index (χ4v) is 3.68. The number of Topliss-reactive ketones (excluding diaryl/α,β-unsaturated/α-hetero) is 1. The third kappa shape index (κ3) is 3.21. The minimum absolute atomic E-state index is 0.180. The topological polar surface area (TPSA) is 40.5 Å². The van der Waals surface area contributed by atoms with Crippen LogP contribution in [0, 0.1) is 11.8 Å². The molecule has 1 aromatic carbocycles. The van der Waals surface area contributed by atoms with Crippen LogP contribution in [-0.4, -0.2) is 35.4 Å². The normalized spacial score (nSPS) is 26.4. The van der Waals surface area contributed by atoms with Gasteiger partial charge in [0, 0.05) is 25.1 Å². The lowest BCUT2D eigenvalue weighted by atomic mass is 10.0. The maximum atomic E-state index is 12.1. The van der Waals surface area contributed by atoms with Gasteiger partial charge < -0.3 is 10.0 Å². The third-order valence-electron chi connectivity index (χ3n) is 4.86. The molecule has 3 rings (SSSR count). The van der Waals surface area contributed by atoms with Crippen molar-refractivity contribution in [3.63, 3.8) is 0 Å². The largest absolute Gasteiger partial charge is 0.508 e. The van der Waals surface area contributed by atoms with E-state index in [9.17, 15) is 9.90 Å². The number of ketones is 1. The van der Waals surface area contributed by atoms with Crippen molar-refractivity contribution in [3.05, 3.63) is 29.8 Å². The van der Waals surface area contributed by atoms with Gasteiger partial charge in [0.2, 0.25) is 0 Å². The van der Waals surface area contributed by atoms with E-state index in [0.717, 1.165) is 24.9 Å². The molecular weight excluding hydrogens is 250 g/mol. The molecule has 1 saturated carbocycles. The Morgan fingerprint density at radius 1 is 1.15 bits per heavy atom. The molecule has 2 unspecified atom stereocenters. The molecule has 1 heterocycles. The molecular formula is C17H23NO2. The molecule has 2 fully saturated rings. The summed E-state index contributed by atoms with van der Waals surface area (Å²) in [6.45, 7) is 3.21. The lowest BCUT2D eigenvalue weighted by Crippen LogP contribution is -2.31. The molecule has 1 saturated heterocycles. The van der Waals surface area contributed by atoms with E-state index in [-0.39, 0.29) is 11.5 Å². The van der Waals surface area contributed by atoms with Crippen molar-refractivity contribution >= 4 is 5.78 Å². The Morgan fingerprint density at radius 3 is 2.70 bits per heavy atom. The molecule has 1 aliphatic carbocycles. The molecule has 1 N–H and O–H groups in total. The summed E-state index contributed by atoms with van der Waals surface area (Å²) in [6.07, 6.45) is 6.10. The summed E-state index contributed by atoms with van der Waals surface area (Å²) in [7, 11) is 0. The highest BCUT2D eigenvalue weighted by atomic mass is 16.3. The average molecular weight is 273 g/mol. The van der Waals surface area contributed by atoms with Crippen LogP contribution in [0.15, 0.2) is 24.3 Å². The number of aromatic hydroxyl groups is 1. The van der Waals surface area contributed by atoms with Crippen LogP contribution in [0.25, 0.3) is 0 Å². The number of benzene rings is 1. The fourth-order valence-electron chi connectivity index (χ4n) is 3.68. The first-order valence-corrected chi connectivity index (χ1v) is 7.75. The van der Waals surface area contributed by atoms with Crippen molar-refractivity contribution in [2.45, 2.75) is 32.1 Å².